The number of hydrogen-bond acceptors (Lipinski definition) is 3. The smallest absolute Gasteiger partial charge is 0.160 e. The van der Waals surface area contributed by atoms with E-state index < -0.39 is 17.5 Å². The first kappa shape index (κ1) is 9.50. The summed E-state index contributed by atoms with van der Waals surface area (Å²) in [6.07, 6.45) is 0.796. The second-order valence-electron chi connectivity index (χ2n) is 6.92. The first-order valence-corrected chi connectivity index (χ1v) is 7.68. The lowest BCUT2D eigenvalue weighted by Gasteiger charge is -2.48. The summed E-state index contributed by atoms with van der Waals surface area (Å²) in [5, 5.41) is 20.1. The summed E-state index contributed by atoms with van der Waals surface area (Å²) < 4.78 is 32.3. The Morgan fingerprint density at radius 1 is 1.33 bits per heavy atom. The second-order valence-corrected chi connectivity index (χ2v) is 6.92. The molecule has 3 aliphatic carbocycles. The Bertz CT molecular complexity index is 791. The van der Waals surface area contributed by atoms with E-state index in [0.29, 0.717) is 36.8 Å². The molecule has 0 saturated heterocycles. The molecule has 4 atom stereocenters. The van der Waals surface area contributed by atoms with Crippen molar-refractivity contribution in [2.24, 2.45) is 17.3 Å². The maximum atomic E-state index is 12.6. The van der Waals surface area contributed by atoms with Gasteiger partial charge in [-0.05, 0) is 61.5 Å². The van der Waals surface area contributed by atoms with Crippen molar-refractivity contribution in [3.05, 3.63) is 23.2 Å². The van der Waals surface area contributed by atoms with E-state index in [0.717, 1.165) is 0 Å². The maximum absolute atomic E-state index is 12.6. The number of carbonyl (C=O) groups is 1. The molecular formula is C18H22O3. The summed E-state index contributed by atoms with van der Waals surface area (Å²) in [5.41, 5.74) is 0.516. The van der Waals surface area contributed by atoms with E-state index in [9.17, 15) is 15.0 Å². The van der Waals surface area contributed by atoms with Crippen LogP contribution in [0.2, 0.25) is 0 Å². The van der Waals surface area contributed by atoms with Crippen LogP contribution in [0.4, 0.5) is 0 Å². The lowest BCUT2D eigenvalue weighted by molar-refractivity contribution is -0.129. The maximum Gasteiger partial charge on any atom is 0.160 e. The Labute approximate surface area is 130 Å². The Morgan fingerprint density at radius 2 is 2.14 bits per heavy atom. The summed E-state index contributed by atoms with van der Waals surface area (Å²) in [6, 6.07) is -0.404. The lowest BCUT2D eigenvalue weighted by atomic mass is 9.55. The molecule has 1 aromatic carbocycles. The van der Waals surface area contributed by atoms with Crippen molar-refractivity contribution >= 4 is 5.78 Å². The Kier molecular flexibility index (Phi) is 1.92. The standard InChI is InChI=1S/C18H22O3/c1-18-9-8-11-10-4-6-15(19)17(21)13(10)3-2-12(11)14(18)5-7-16(18)20/h4,6,11-12,14,19,21H,2-3,5,7-9H2,1H3/t11-,12-,14+,18+/m1/s1/i4D,6D,7D2. The molecule has 0 unspecified atom stereocenters. The van der Waals surface area contributed by atoms with Gasteiger partial charge in [-0.3, -0.25) is 4.79 Å². The summed E-state index contributed by atoms with van der Waals surface area (Å²) in [6.45, 7) is 1.88. The largest absolute Gasteiger partial charge is 0.504 e. The fourth-order valence-electron chi connectivity index (χ4n) is 4.84. The van der Waals surface area contributed by atoms with Crippen molar-refractivity contribution in [3.63, 3.8) is 0 Å². The topological polar surface area (TPSA) is 57.5 Å². The quantitative estimate of drug-likeness (QED) is 0.719. The minimum Gasteiger partial charge on any atom is -0.504 e. The van der Waals surface area contributed by atoms with Gasteiger partial charge in [0, 0.05) is 20.1 Å². The van der Waals surface area contributed by atoms with Crippen LogP contribution in [0.5, 0.6) is 11.5 Å². The van der Waals surface area contributed by atoms with Gasteiger partial charge in [-0.15, -0.1) is 0 Å². The Hall–Kier alpha value is -1.51. The minimum atomic E-state index is -1.80. The number of carbonyl (C=O) groups excluding carboxylic acids is 1. The van der Waals surface area contributed by atoms with Crippen LogP contribution in [0.25, 0.3) is 0 Å². The third-order valence-corrected chi connectivity index (χ3v) is 6.08. The molecule has 0 amide bonds. The van der Waals surface area contributed by atoms with E-state index in [1.807, 2.05) is 6.92 Å². The van der Waals surface area contributed by atoms with E-state index >= 15 is 0 Å². The van der Waals surface area contributed by atoms with Gasteiger partial charge in [0.2, 0.25) is 0 Å². The van der Waals surface area contributed by atoms with Crippen molar-refractivity contribution in [2.45, 2.75) is 51.3 Å². The summed E-state index contributed by atoms with van der Waals surface area (Å²) in [7, 11) is 0. The minimum absolute atomic E-state index is 0.0454. The van der Waals surface area contributed by atoms with Gasteiger partial charge in [-0.25, -0.2) is 0 Å². The molecular weight excluding hydrogens is 264 g/mol. The van der Waals surface area contributed by atoms with Gasteiger partial charge in [-0.2, -0.15) is 0 Å². The van der Waals surface area contributed by atoms with Gasteiger partial charge < -0.3 is 10.2 Å². The number of ketones is 1. The molecule has 0 heterocycles. The number of fused-ring (bicyclic) bond motifs is 5. The van der Waals surface area contributed by atoms with Gasteiger partial charge in [-0.1, -0.05) is 13.0 Å². The summed E-state index contributed by atoms with van der Waals surface area (Å²) in [5.74, 6) is -1.19. The van der Waals surface area contributed by atoms with Crippen LogP contribution >= 0.6 is 0 Å². The van der Waals surface area contributed by atoms with Gasteiger partial charge >= 0.3 is 0 Å². The molecule has 112 valence electrons. The van der Waals surface area contributed by atoms with Crippen molar-refractivity contribution < 1.29 is 20.5 Å². The number of phenols is 2. The van der Waals surface area contributed by atoms with Crippen molar-refractivity contribution in [2.75, 3.05) is 0 Å². The summed E-state index contributed by atoms with van der Waals surface area (Å²) >= 11 is 0. The molecule has 4 rings (SSSR count). The third kappa shape index (κ3) is 1.63. The van der Waals surface area contributed by atoms with E-state index in [1.54, 1.807) is 0 Å². The molecule has 3 aliphatic rings. The first-order valence-electron chi connectivity index (χ1n) is 9.68. The lowest BCUT2D eigenvalue weighted by Crippen LogP contribution is -2.42. The fourth-order valence-corrected chi connectivity index (χ4v) is 4.84. The average Bonchev–Trinajstić information content (AvgIpc) is 2.77. The molecule has 2 saturated carbocycles. The number of aromatic hydroxyl groups is 2. The monoisotopic (exact) mass is 290 g/mol. The fraction of sp³-hybridized carbons (Fsp3) is 0.611. The third-order valence-electron chi connectivity index (χ3n) is 6.08. The van der Waals surface area contributed by atoms with Crippen molar-refractivity contribution in [1.29, 1.82) is 0 Å². The number of rotatable bonds is 0. The number of Topliss-reactive ketones (excluding diaryl/α,β-unsaturated/α-hetero) is 1. The van der Waals surface area contributed by atoms with Crippen LogP contribution in [-0.4, -0.2) is 16.0 Å². The molecule has 2 N–H and O–H groups in total. The van der Waals surface area contributed by atoms with E-state index in [1.165, 1.54) is 0 Å². The van der Waals surface area contributed by atoms with E-state index in [2.05, 4.69) is 0 Å². The first-order chi connectivity index (χ1) is 11.6. The predicted octanol–water partition coefficient (Wildman–Crippen LogP) is 3.52. The SMILES string of the molecule is [2H]c1c([2H])c2c(c(O)c1O)CC[C@@H]1[C@@H]2CC[C@]2(C)C(=O)C([2H])([2H])C[C@@H]12. The van der Waals surface area contributed by atoms with Crippen LogP contribution in [0.3, 0.4) is 0 Å². The molecule has 1 aromatic rings. The van der Waals surface area contributed by atoms with Crippen LogP contribution < -0.4 is 0 Å². The van der Waals surface area contributed by atoms with Gasteiger partial charge in [0.05, 0.1) is 2.74 Å². The Morgan fingerprint density at radius 3 is 2.95 bits per heavy atom. The van der Waals surface area contributed by atoms with Crippen LogP contribution in [-0.2, 0) is 11.2 Å². The Balaban J connectivity index is 1.82. The highest BCUT2D eigenvalue weighted by atomic mass is 16.3. The molecule has 21 heavy (non-hydrogen) atoms. The number of hydrogen-bond donors (Lipinski definition) is 2. The molecule has 2 fully saturated rings. The predicted molar refractivity (Wildman–Crippen MR) is 79.4 cm³/mol. The second kappa shape index (κ2) is 4.25. The van der Waals surface area contributed by atoms with Crippen LogP contribution in [0.15, 0.2) is 12.1 Å². The zero-order valence-electron chi connectivity index (χ0n) is 16.1. The number of benzene rings is 1. The molecule has 0 radical (unpaired) electrons. The molecule has 3 nitrogen and oxygen atoms in total. The number of phenolic OH excluding ortho intramolecular Hbond substituents is 2. The normalized spacial score (nSPS) is 42.9. The molecule has 0 bridgehead atoms. The highest BCUT2D eigenvalue weighted by molar-refractivity contribution is 5.87. The average molecular weight is 290 g/mol. The van der Waals surface area contributed by atoms with E-state index in [-0.39, 0.29) is 47.8 Å². The van der Waals surface area contributed by atoms with Crippen molar-refractivity contribution in [3.8, 4) is 11.5 Å². The van der Waals surface area contributed by atoms with Crippen LogP contribution in [0, 0.1) is 17.3 Å². The van der Waals surface area contributed by atoms with Gasteiger partial charge in [0.15, 0.2) is 11.5 Å². The zero-order valence-corrected chi connectivity index (χ0v) is 12.1. The molecule has 0 aromatic heterocycles. The zero-order chi connectivity index (χ0) is 18.3. The molecule has 0 spiro atoms. The van der Waals surface area contributed by atoms with Gasteiger partial charge in [0.25, 0.3) is 0 Å². The van der Waals surface area contributed by atoms with Gasteiger partial charge in [0.1, 0.15) is 5.78 Å². The summed E-state index contributed by atoms with van der Waals surface area (Å²) in [4.78, 5) is 12.6. The highest BCUT2D eigenvalue weighted by Gasteiger charge is 2.54. The van der Waals surface area contributed by atoms with E-state index in [4.69, 9.17) is 5.48 Å². The molecule has 0 aliphatic heterocycles. The highest BCUT2D eigenvalue weighted by Crippen LogP contribution is 2.60. The van der Waals surface area contributed by atoms with Crippen molar-refractivity contribution in [1.82, 2.24) is 0 Å². The van der Waals surface area contributed by atoms with Crippen LogP contribution in [0.1, 0.15) is 61.5 Å². The molecule has 3 heteroatoms.